The average molecular weight is 256 g/mol. The van der Waals surface area contributed by atoms with E-state index in [9.17, 15) is 14.5 Å². The second-order valence-electron chi connectivity index (χ2n) is 4.05. The lowest BCUT2D eigenvalue weighted by Crippen LogP contribution is -2.43. The Morgan fingerprint density at radius 3 is 2.88 bits per heavy atom. The molecule has 1 heterocycles. The maximum Gasteiger partial charge on any atom is 0.305 e. The molecule has 1 aliphatic rings. The molecule has 1 N–H and O–H groups in total. The molecule has 0 aromatic heterocycles. The fourth-order valence-electron chi connectivity index (χ4n) is 1.62. The van der Waals surface area contributed by atoms with Crippen molar-refractivity contribution in [2.24, 2.45) is 5.92 Å². The molecule has 2 rings (SSSR count). The Kier molecular flexibility index (Phi) is 3.96. The third-order valence-electron chi connectivity index (χ3n) is 2.73. The molecule has 1 fully saturated rings. The highest BCUT2D eigenvalue weighted by Crippen LogP contribution is 2.24. The van der Waals surface area contributed by atoms with Gasteiger partial charge in [0.15, 0.2) is 0 Å². The first-order valence-corrected chi connectivity index (χ1v) is 6.54. The zero-order valence-corrected chi connectivity index (χ0v) is 10.0. The Morgan fingerprint density at radius 2 is 2.29 bits per heavy atom. The van der Waals surface area contributed by atoms with Crippen LogP contribution in [0.5, 0.6) is 0 Å². The van der Waals surface area contributed by atoms with Gasteiger partial charge in [-0.25, -0.2) is 0 Å². The van der Waals surface area contributed by atoms with Crippen LogP contribution >= 0.6 is 11.8 Å². The van der Waals surface area contributed by atoms with Crippen molar-refractivity contribution in [2.75, 3.05) is 18.8 Å². The topological polar surface area (TPSA) is 55.2 Å². The standard InChI is InChI=1S/C11H13FN2O2S/c12-11-9(2-1-3-10(11)14(15)16)7-17-6-8-4-13-5-8/h1-3,8,13H,4-7H2. The van der Waals surface area contributed by atoms with E-state index in [0.29, 0.717) is 17.2 Å². The minimum Gasteiger partial charge on any atom is -0.316 e. The molecule has 0 spiro atoms. The van der Waals surface area contributed by atoms with Crippen LogP contribution in [0.1, 0.15) is 5.56 Å². The van der Waals surface area contributed by atoms with Gasteiger partial charge in [-0.3, -0.25) is 10.1 Å². The number of nitrogens with one attached hydrogen (secondary N) is 1. The molecular formula is C11H13FN2O2S. The second kappa shape index (κ2) is 5.46. The Balaban J connectivity index is 1.95. The van der Waals surface area contributed by atoms with Crippen molar-refractivity contribution in [2.45, 2.75) is 5.75 Å². The van der Waals surface area contributed by atoms with Crippen LogP contribution in [0.15, 0.2) is 18.2 Å². The number of nitrogens with zero attached hydrogens (tertiary/aromatic N) is 1. The first-order valence-electron chi connectivity index (χ1n) is 5.38. The summed E-state index contributed by atoms with van der Waals surface area (Å²) in [5, 5.41) is 13.7. The quantitative estimate of drug-likeness (QED) is 0.648. The highest BCUT2D eigenvalue weighted by Gasteiger charge is 2.19. The van der Waals surface area contributed by atoms with Crippen LogP contribution in [-0.4, -0.2) is 23.8 Å². The molecule has 17 heavy (non-hydrogen) atoms. The molecule has 0 atom stereocenters. The second-order valence-corrected chi connectivity index (χ2v) is 5.08. The van der Waals surface area contributed by atoms with Crippen LogP contribution in [0.4, 0.5) is 10.1 Å². The van der Waals surface area contributed by atoms with Gasteiger partial charge in [-0.1, -0.05) is 12.1 Å². The fourth-order valence-corrected chi connectivity index (χ4v) is 2.75. The molecule has 0 bridgehead atoms. The molecule has 0 aliphatic carbocycles. The van der Waals surface area contributed by atoms with Gasteiger partial charge in [0.25, 0.3) is 0 Å². The van der Waals surface area contributed by atoms with Crippen molar-refractivity contribution >= 4 is 17.4 Å². The molecule has 0 saturated carbocycles. The summed E-state index contributed by atoms with van der Waals surface area (Å²) in [4.78, 5) is 9.88. The predicted octanol–water partition coefficient (Wildman–Crippen LogP) is 2.19. The Bertz CT molecular complexity index is 424. The van der Waals surface area contributed by atoms with E-state index in [4.69, 9.17) is 0 Å². The van der Waals surface area contributed by atoms with Crippen LogP contribution in [0.3, 0.4) is 0 Å². The molecule has 1 aliphatic heterocycles. The summed E-state index contributed by atoms with van der Waals surface area (Å²) < 4.78 is 13.7. The number of benzene rings is 1. The Hall–Kier alpha value is -1.14. The normalized spacial score (nSPS) is 15.6. The fraction of sp³-hybridized carbons (Fsp3) is 0.455. The molecule has 0 radical (unpaired) electrons. The van der Waals surface area contributed by atoms with Crippen LogP contribution in [0.2, 0.25) is 0 Å². The Morgan fingerprint density at radius 1 is 1.53 bits per heavy atom. The number of nitro benzene ring substituents is 1. The van der Waals surface area contributed by atoms with E-state index in [1.807, 2.05) is 0 Å². The van der Waals surface area contributed by atoms with Gasteiger partial charge in [0.05, 0.1) is 4.92 Å². The number of rotatable bonds is 5. The van der Waals surface area contributed by atoms with Gasteiger partial charge in [-0.05, 0) is 24.8 Å². The van der Waals surface area contributed by atoms with Gasteiger partial charge >= 0.3 is 5.69 Å². The van der Waals surface area contributed by atoms with Gasteiger partial charge in [0.2, 0.25) is 5.82 Å². The van der Waals surface area contributed by atoms with Crippen molar-refractivity contribution < 1.29 is 9.31 Å². The third kappa shape index (κ3) is 2.95. The SMILES string of the molecule is O=[N+]([O-])c1cccc(CSCC2CNC2)c1F. The summed E-state index contributed by atoms with van der Waals surface area (Å²) in [5.41, 5.74) is -0.0232. The number of hydrogen-bond acceptors (Lipinski definition) is 4. The molecule has 92 valence electrons. The maximum absolute atomic E-state index is 13.7. The van der Waals surface area contributed by atoms with Gasteiger partial charge < -0.3 is 5.32 Å². The lowest BCUT2D eigenvalue weighted by molar-refractivity contribution is -0.387. The molecule has 0 amide bonds. The van der Waals surface area contributed by atoms with Crippen LogP contribution in [0.25, 0.3) is 0 Å². The molecule has 1 aromatic carbocycles. The monoisotopic (exact) mass is 256 g/mol. The number of nitro groups is 1. The molecule has 1 saturated heterocycles. The van der Waals surface area contributed by atoms with Crippen LogP contribution < -0.4 is 5.32 Å². The minimum absolute atomic E-state index is 0.413. The molecular weight excluding hydrogens is 243 g/mol. The molecule has 1 aromatic rings. The summed E-state index contributed by atoms with van der Waals surface area (Å²) in [6.45, 7) is 2.04. The highest BCUT2D eigenvalue weighted by atomic mass is 32.2. The summed E-state index contributed by atoms with van der Waals surface area (Å²) in [5.74, 6) is 1.41. The van der Waals surface area contributed by atoms with Crippen LogP contribution in [0, 0.1) is 21.8 Å². The summed E-state index contributed by atoms with van der Waals surface area (Å²) in [6.07, 6.45) is 0. The minimum atomic E-state index is -0.697. The summed E-state index contributed by atoms with van der Waals surface area (Å²) in [7, 11) is 0. The van der Waals surface area contributed by atoms with Gasteiger partial charge in [-0.15, -0.1) is 0 Å². The van der Waals surface area contributed by atoms with E-state index < -0.39 is 16.4 Å². The largest absolute Gasteiger partial charge is 0.316 e. The Labute approximate surface area is 103 Å². The number of thioether (sulfide) groups is 1. The van der Waals surface area contributed by atoms with E-state index in [-0.39, 0.29) is 0 Å². The van der Waals surface area contributed by atoms with Gasteiger partial charge in [0.1, 0.15) is 0 Å². The van der Waals surface area contributed by atoms with Crippen molar-refractivity contribution in [1.29, 1.82) is 0 Å². The lowest BCUT2D eigenvalue weighted by Gasteiger charge is -2.26. The van der Waals surface area contributed by atoms with E-state index in [1.165, 1.54) is 12.1 Å². The number of halogens is 1. The van der Waals surface area contributed by atoms with Gasteiger partial charge in [-0.2, -0.15) is 16.2 Å². The van der Waals surface area contributed by atoms with Crippen molar-refractivity contribution in [3.05, 3.63) is 39.7 Å². The average Bonchev–Trinajstić information content (AvgIpc) is 2.23. The lowest BCUT2D eigenvalue weighted by atomic mass is 10.1. The summed E-state index contributed by atoms with van der Waals surface area (Å²) >= 11 is 1.62. The maximum atomic E-state index is 13.7. The molecule has 4 nitrogen and oxygen atoms in total. The number of hydrogen-bond donors (Lipinski definition) is 1. The highest BCUT2D eigenvalue weighted by molar-refractivity contribution is 7.98. The zero-order chi connectivity index (χ0) is 12.3. The van der Waals surface area contributed by atoms with E-state index >= 15 is 0 Å². The smallest absolute Gasteiger partial charge is 0.305 e. The zero-order valence-electron chi connectivity index (χ0n) is 9.19. The summed E-state index contributed by atoms with van der Waals surface area (Å²) in [6, 6.07) is 4.33. The van der Waals surface area contributed by atoms with Crippen molar-refractivity contribution in [3.8, 4) is 0 Å². The molecule has 6 heteroatoms. The predicted molar refractivity (Wildman–Crippen MR) is 65.6 cm³/mol. The van der Waals surface area contributed by atoms with E-state index in [2.05, 4.69) is 5.32 Å². The van der Waals surface area contributed by atoms with Gasteiger partial charge in [0, 0.05) is 17.4 Å². The third-order valence-corrected chi connectivity index (χ3v) is 3.95. The van der Waals surface area contributed by atoms with Crippen molar-refractivity contribution in [1.82, 2.24) is 5.32 Å². The molecule has 0 unspecified atom stereocenters. The first-order chi connectivity index (χ1) is 8.18. The van der Waals surface area contributed by atoms with E-state index in [1.54, 1.807) is 17.8 Å². The van der Waals surface area contributed by atoms with E-state index in [0.717, 1.165) is 18.8 Å². The van der Waals surface area contributed by atoms with Crippen LogP contribution in [-0.2, 0) is 5.75 Å². The first kappa shape index (κ1) is 12.3. The van der Waals surface area contributed by atoms with Crippen molar-refractivity contribution in [3.63, 3.8) is 0 Å².